The first-order valence-electron chi connectivity index (χ1n) is 6.21. The van der Waals surface area contributed by atoms with Gasteiger partial charge in [-0.2, -0.15) is 8.42 Å². The highest BCUT2D eigenvalue weighted by Gasteiger charge is 2.29. The van der Waals surface area contributed by atoms with Gasteiger partial charge in [-0.25, -0.2) is 0 Å². The van der Waals surface area contributed by atoms with Crippen LogP contribution in [0.4, 0.5) is 5.69 Å². The molecule has 23 heavy (non-hydrogen) atoms. The number of nitro groups is 1. The molecule has 0 aromatic heterocycles. The van der Waals surface area contributed by atoms with Crippen LogP contribution in [0.5, 0.6) is 11.5 Å². The summed E-state index contributed by atoms with van der Waals surface area (Å²) in [5.74, 6) is -0.320. The van der Waals surface area contributed by atoms with Crippen molar-refractivity contribution >= 4 is 22.1 Å². The fourth-order valence-corrected chi connectivity index (χ4v) is 2.98. The number of methoxy groups -OCH3 is 1. The van der Waals surface area contributed by atoms with Gasteiger partial charge in [0.05, 0.1) is 17.6 Å². The topological polar surface area (TPSA) is 113 Å². The minimum absolute atomic E-state index is 0.0109. The molecule has 120 valence electrons. The largest absolute Gasteiger partial charge is 0.493 e. The van der Waals surface area contributed by atoms with Gasteiger partial charge in [0.25, 0.3) is 5.69 Å². The van der Waals surface area contributed by atoms with E-state index in [2.05, 4.69) is 0 Å². The van der Waals surface area contributed by atoms with Crippen molar-refractivity contribution in [1.82, 2.24) is 0 Å². The van der Waals surface area contributed by atoms with E-state index < -0.39 is 25.6 Å². The number of ether oxygens (including phenoxy) is 1. The number of carbonyl (C=O) groups is 1. The van der Waals surface area contributed by atoms with Gasteiger partial charge in [0.2, 0.25) is 0 Å². The van der Waals surface area contributed by atoms with Gasteiger partial charge < -0.3 is 8.92 Å². The molecule has 0 radical (unpaired) electrons. The molecule has 8 nitrogen and oxygen atoms in total. The molecule has 0 fully saturated rings. The first-order valence-corrected chi connectivity index (χ1v) is 7.61. The van der Waals surface area contributed by atoms with Gasteiger partial charge in [-0.3, -0.25) is 14.9 Å². The zero-order valence-corrected chi connectivity index (χ0v) is 12.6. The molecule has 2 rings (SSSR count). The SMILES string of the molecule is COc1cccc(C=O)c1OS(=O)(=O)c1ccccc1[N+](=O)[O-]. The molecule has 0 atom stereocenters. The lowest BCUT2D eigenvalue weighted by Crippen LogP contribution is -2.13. The number of nitro benzene ring substituents is 1. The Kier molecular flexibility index (Phi) is 4.60. The van der Waals surface area contributed by atoms with Gasteiger partial charge >= 0.3 is 10.1 Å². The van der Waals surface area contributed by atoms with Gasteiger partial charge in [0.15, 0.2) is 22.7 Å². The second-order valence-corrected chi connectivity index (χ2v) is 5.77. The van der Waals surface area contributed by atoms with Crippen LogP contribution in [0.3, 0.4) is 0 Å². The van der Waals surface area contributed by atoms with Crippen LogP contribution in [0.15, 0.2) is 47.4 Å². The predicted molar refractivity (Wildman–Crippen MR) is 79.3 cm³/mol. The quantitative estimate of drug-likeness (QED) is 0.343. The Bertz CT molecular complexity index is 861. The van der Waals surface area contributed by atoms with E-state index in [0.29, 0.717) is 6.29 Å². The number of benzene rings is 2. The van der Waals surface area contributed by atoms with Gasteiger partial charge in [-0.15, -0.1) is 0 Å². The van der Waals surface area contributed by atoms with E-state index in [9.17, 15) is 23.3 Å². The number of para-hydroxylation sites is 2. The fourth-order valence-electron chi connectivity index (χ4n) is 1.85. The maximum Gasteiger partial charge on any atom is 0.346 e. The van der Waals surface area contributed by atoms with Crippen LogP contribution < -0.4 is 8.92 Å². The summed E-state index contributed by atoms with van der Waals surface area (Å²) >= 11 is 0. The van der Waals surface area contributed by atoms with Gasteiger partial charge in [0, 0.05) is 6.07 Å². The molecular formula is C14H11NO7S. The smallest absolute Gasteiger partial charge is 0.346 e. The molecule has 0 bridgehead atoms. The van der Waals surface area contributed by atoms with Crippen molar-refractivity contribution in [2.45, 2.75) is 4.90 Å². The van der Waals surface area contributed by atoms with Crippen LogP contribution in [0.2, 0.25) is 0 Å². The molecule has 2 aromatic carbocycles. The third kappa shape index (κ3) is 3.29. The summed E-state index contributed by atoms with van der Waals surface area (Å²) in [5, 5.41) is 11.0. The number of rotatable bonds is 6. The summed E-state index contributed by atoms with van der Waals surface area (Å²) in [6, 6.07) is 8.95. The van der Waals surface area contributed by atoms with Crippen molar-refractivity contribution in [3.05, 3.63) is 58.1 Å². The minimum atomic E-state index is -4.53. The van der Waals surface area contributed by atoms with Gasteiger partial charge in [-0.05, 0) is 18.2 Å². The highest BCUT2D eigenvalue weighted by atomic mass is 32.2. The molecule has 2 aromatic rings. The van der Waals surface area contributed by atoms with Crippen LogP contribution in [-0.2, 0) is 10.1 Å². The molecule has 0 saturated heterocycles. The van der Waals surface area contributed by atoms with Crippen LogP contribution in [0.25, 0.3) is 0 Å². The molecule has 0 aliphatic carbocycles. The number of hydrogen-bond donors (Lipinski definition) is 0. The van der Waals surface area contributed by atoms with Crippen LogP contribution in [-0.4, -0.2) is 26.7 Å². The third-order valence-electron chi connectivity index (χ3n) is 2.88. The third-order valence-corrected chi connectivity index (χ3v) is 4.15. The molecule has 0 amide bonds. The number of aldehydes is 1. The zero-order chi connectivity index (χ0) is 17.0. The molecule has 0 spiro atoms. The van der Waals surface area contributed by atoms with Crippen molar-refractivity contribution in [1.29, 1.82) is 0 Å². The van der Waals surface area contributed by atoms with Gasteiger partial charge in [-0.1, -0.05) is 18.2 Å². The Labute approximate surface area is 131 Å². The number of carbonyl (C=O) groups excluding carboxylic acids is 1. The van der Waals surface area contributed by atoms with Crippen molar-refractivity contribution in [3.63, 3.8) is 0 Å². The van der Waals surface area contributed by atoms with E-state index in [1.807, 2.05) is 0 Å². The lowest BCUT2D eigenvalue weighted by molar-refractivity contribution is -0.387. The van der Waals surface area contributed by atoms with Crippen molar-refractivity contribution in [2.24, 2.45) is 0 Å². The van der Waals surface area contributed by atoms with E-state index in [-0.39, 0.29) is 17.1 Å². The van der Waals surface area contributed by atoms with Crippen molar-refractivity contribution < 1.29 is 27.1 Å². The normalized spacial score (nSPS) is 10.8. The summed E-state index contributed by atoms with van der Waals surface area (Å²) in [7, 11) is -3.26. The predicted octanol–water partition coefficient (Wildman–Crippen LogP) is 2.18. The molecular weight excluding hydrogens is 326 g/mol. The average Bonchev–Trinajstić information content (AvgIpc) is 2.54. The highest BCUT2D eigenvalue weighted by molar-refractivity contribution is 7.87. The molecule has 0 aliphatic heterocycles. The summed E-state index contributed by atoms with van der Waals surface area (Å²) in [4.78, 5) is 20.6. The minimum Gasteiger partial charge on any atom is -0.493 e. The Morgan fingerprint density at radius 3 is 2.43 bits per heavy atom. The molecule has 0 heterocycles. The second-order valence-electron chi connectivity index (χ2n) is 4.26. The van der Waals surface area contributed by atoms with E-state index in [0.717, 1.165) is 12.1 Å². The van der Waals surface area contributed by atoms with Crippen LogP contribution in [0.1, 0.15) is 10.4 Å². The van der Waals surface area contributed by atoms with E-state index in [1.54, 1.807) is 0 Å². The van der Waals surface area contributed by atoms with Crippen molar-refractivity contribution in [2.75, 3.05) is 7.11 Å². The Morgan fingerprint density at radius 1 is 1.13 bits per heavy atom. The molecule has 9 heteroatoms. The standard InChI is InChI=1S/C14H11NO7S/c1-21-12-7-4-5-10(9-16)14(12)22-23(19,20)13-8-3-2-6-11(13)15(17)18/h2-9H,1H3. The first kappa shape index (κ1) is 16.4. The molecule has 0 N–H and O–H groups in total. The fraction of sp³-hybridized carbons (Fsp3) is 0.0714. The summed E-state index contributed by atoms with van der Waals surface area (Å²) < 4.78 is 34.6. The maximum atomic E-state index is 12.4. The van der Waals surface area contributed by atoms with Crippen LogP contribution >= 0.6 is 0 Å². The zero-order valence-electron chi connectivity index (χ0n) is 11.8. The monoisotopic (exact) mass is 337 g/mol. The first-order chi connectivity index (χ1) is 10.9. The molecule has 0 unspecified atom stereocenters. The Balaban J connectivity index is 2.57. The van der Waals surface area contributed by atoms with Gasteiger partial charge in [0.1, 0.15) is 0 Å². The Morgan fingerprint density at radius 2 is 1.83 bits per heavy atom. The summed E-state index contributed by atoms with van der Waals surface area (Å²) in [6.07, 6.45) is 0.396. The van der Waals surface area contributed by atoms with E-state index in [4.69, 9.17) is 8.92 Å². The second kappa shape index (κ2) is 6.44. The van der Waals surface area contributed by atoms with E-state index >= 15 is 0 Å². The van der Waals surface area contributed by atoms with E-state index in [1.165, 1.54) is 37.4 Å². The van der Waals surface area contributed by atoms with Crippen LogP contribution in [0, 0.1) is 10.1 Å². The molecule has 0 aliphatic rings. The Hall–Kier alpha value is -2.94. The lowest BCUT2D eigenvalue weighted by atomic mass is 10.2. The summed E-state index contributed by atoms with van der Waals surface area (Å²) in [5.41, 5.74) is -0.693. The lowest BCUT2D eigenvalue weighted by Gasteiger charge is -2.12. The number of hydrogen-bond acceptors (Lipinski definition) is 7. The maximum absolute atomic E-state index is 12.4. The highest BCUT2D eigenvalue weighted by Crippen LogP contribution is 2.34. The average molecular weight is 337 g/mol. The number of nitrogens with zero attached hydrogens (tertiary/aromatic N) is 1. The summed E-state index contributed by atoms with van der Waals surface area (Å²) in [6.45, 7) is 0. The van der Waals surface area contributed by atoms with Crippen molar-refractivity contribution in [3.8, 4) is 11.5 Å². The molecule has 0 saturated carbocycles.